The average Bonchev–Trinajstić information content (AvgIpc) is 2.96. The van der Waals surface area contributed by atoms with Crippen molar-refractivity contribution in [1.29, 1.82) is 0 Å². The minimum Gasteiger partial charge on any atom is -0.382 e. The predicted octanol–water partition coefficient (Wildman–Crippen LogP) is 5.86. The summed E-state index contributed by atoms with van der Waals surface area (Å²) >= 11 is 0. The van der Waals surface area contributed by atoms with Gasteiger partial charge in [-0.15, -0.1) is 0 Å². The normalized spacial score (nSPS) is 20.0. The van der Waals surface area contributed by atoms with Gasteiger partial charge in [-0.3, -0.25) is 14.9 Å². The zero-order valence-electron chi connectivity index (χ0n) is 21.9. The second kappa shape index (κ2) is 11.7. The molecule has 2 fully saturated rings. The summed E-state index contributed by atoms with van der Waals surface area (Å²) in [6, 6.07) is 17.5. The number of piperazine rings is 1. The van der Waals surface area contributed by atoms with E-state index in [-0.39, 0.29) is 30.3 Å². The van der Waals surface area contributed by atoms with Crippen LogP contribution in [0.4, 0.5) is 30.2 Å². The van der Waals surface area contributed by atoms with Crippen molar-refractivity contribution >= 4 is 33.7 Å². The Bertz CT molecular complexity index is 1370. The fraction of sp³-hybridized carbons (Fsp3) is 0.414. The van der Waals surface area contributed by atoms with Gasteiger partial charge in [-0.25, -0.2) is 0 Å². The van der Waals surface area contributed by atoms with Crippen molar-refractivity contribution in [2.24, 2.45) is 0 Å². The highest BCUT2D eigenvalue weighted by Crippen LogP contribution is 2.38. The number of hydrogen-bond acceptors (Lipinski definition) is 6. The maximum Gasteiger partial charge on any atom is 0.423 e. The van der Waals surface area contributed by atoms with Crippen molar-refractivity contribution in [3.8, 4) is 0 Å². The molecule has 11 heteroatoms. The van der Waals surface area contributed by atoms with Crippen LogP contribution in [0.1, 0.15) is 31.2 Å². The number of amides is 1. The molecular formula is C29H31F3N4O4. The lowest BCUT2D eigenvalue weighted by Gasteiger charge is -2.36. The van der Waals surface area contributed by atoms with Crippen LogP contribution in [0.5, 0.6) is 0 Å². The van der Waals surface area contributed by atoms with Crippen LogP contribution in [0.25, 0.3) is 10.8 Å². The number of anilines is 2. The molecule has 1 amide bonds. The smallest absolute Gasteiger partial charge is 0.382 e. The highest BCUT2D eigenvalue weighted by Gasteiger charge is 2.38. The summed E-state index contributed by atoms with van der Waals surface area (Å²) in [6.07, 6.45) is -2.27. The zero-order valence-corrected chi connectivity index (χ0v) is 21.9. The molecule has 3 aromatic rings. The van der Waals surface area contributed by atoms with E-state index in [9.17, 15) is 28.1 Å². The van der Waals surface area contributed by atoms with E-state index in [0.29, 0.717) is 38.8 Å². The van der Waals surface area contributed by atoms with Crippen molar-refractivity contribution in [3.63, 3.8) is 0 Å². The second-order valence-electron chi connectivity index (χ2n) is 10.3. The third-order valence-electron chi connectivity index (χ3n) is 7.72. The number of fused-ring (bicyclic) bond motifs is 1. The maximum atomic E-state index is 13.3. The third kappa shape index (κ3) is 6.47. The molecule has 40 heavy (non-hydrogen) atoms. The Morgan fingerprint density at radius 3 is 2.33 bits per heavy atom. The van der Waals surface area contributed by atoms with Gasteiger partial charge in [0.1, 0.15) is 12.2 Å². The fourth-order valence-corrected chi connectivity index (χ4v) is 5.49. The van der Waals surface area contributed by atoms with E-state index in [1.165, 1.54) is 16.8 Å². The average molecular weight is 557 g/mol. The topological polar surface area (TPSA) is 87.9 Å². The van der Waals surface area contributed by atoms with E-state index in [1.54, 1.807) is 0 Å². The molecule has 5 rings (SSSR count). The number of carbonyl (C=O) groups is 1. The van der Waals surface area contributed by atoms with Crippen molar-refractivity contribution in [3.05, 3.63) is 76.3 Å². The summed E-state index contributed by atoms with van der Waals surface area (Å²) in [5, 5.41) is 16.4. The lowest BCUT2D eigenvalue weighted by atomic mass is 9.92. The van der Waals surface area contributed by atoms with Gasteiger partial charge in [0.2, 0.25) is 5.91 Å². The predicted molar refractivity (Wildman–Crippen MR) is 146 cm³/mol. The fourth-order valence-electron chi connectivity index (χ4n) is 5.49. The number of nitrogens with zero attached hydrogens (tertiary/aromatic N) is 3. The Morgan fingerprint density at radius 2 is 1.65 bits per heavy atom. The molecular weight excluding hydrogens is 525 g/mol. The summed E-state index contributed by atoms with van der Waals surface area (Å²) in [4.78, 5) is 26.8. The first-order chi connectivity index (χ1) is 19.2. The molecule has 0 unspecified atom stereocenters. The van der Waals surface area contributed by atoms with Gasteiger partial charge in [-0.2, -0.15) is 13.2 Å². The number of ether oxygens (including phenoxy) is 1. The molecule has 1 aliphatic heterocycles. The quantitative estimate of drug-likeness (QED) is 0.290. The van der Waals surface area contributed by atoms with Crippen LogP contribution in [0.2, 0.25) is 0 Å². The van der Waals surface area contributed by atoms with E-state index in [0.717, 1.165) is 30.9 Å². The molecule has 1 N–H and O–H groups in total. The van der Waals surface area contributed by atoms with Gasteiger partial charge < -0.3 is 19.9 Å². The summed E-state index contributed by atoms with van der Waals surface area (Å²) in [5.74, 6) is -0.0380. The van der Waals surface area contributed by atoms with Gasteiger partial charge in [0, 0.05) is 49.7 Å². The number of alkyl halides is 3. The van der Waals surface area contributed by atoms with Crippen LogP contribution in [0.15, 0.2) is 60.7 Å². The van der Waals surface area contributed by atoms with Gasteiger partial charge in [-0.05, 0) is 60.7 Å². The van der Waals surface area contributed by atoms with E-state index < -0.39 is 22.4 Å². The first-order valence-corrected chi connectivity index (χ1v) is 13.4. The molecule has 212 valence electrons. The van der Waals surface area contributed by atoms with Gasteiger partial charge >= 0.3 is 6.18 Å². The second-order valence-corrected chi connectivity index (χ2v) is 10.3. The van der Waals surface area contributed by atoms with Crippen molar-refractivity contribution in [2.75, 3.05) is 43.0 Å². The van der Waals surface area contributed by atoms with Crippen LogP contribution in [0, 0.1) is 10.1 Å². The number of rotatable bonds is 7. The molecule has 0 aromatic heterocycles. The van der Waals surface area contributed by atoms with Gasteiger partial charge in [0.15, 0.2) is 0 Å². The number of carbonyl (C=O) groups excluding carboxylic acids is 1. The summed E-state index contributed by atoms with van der Waals surface area (Å²) in [5.41, 5.74) is -0.887. The Hall–Kier alpha value is -3.86. The largest absolute Gasteiger partial charge is 0.423 e. The number of benzene rings is 3. The zero-order chi connectivity index (χ0) is 28.3. The van der Waals surface area contributed by atoms with Crippen LogP contribution in [0.3, 0.4) is 0 Å². The van der Waals surface area contributed by atoms with Crippen LogP contribution in [-0.2, 0) is 15.7 Å². The SMILES string of the molecule is O=C(COC1CCC(Nc2ccc([N+](=O)[O-])c(C(F)(F)F)c2)CC1)N1CCN(c2ccc3ccccc3c2)CC1. The van der Waals surface area contributed by atoms with Crippen LogP contribution >= 0.6 is 0 Å². The summed E-state index contributed by atoms with van der Waals surface area (Å²) < 4.78 is 45.7. The highest BCUT2D eigenvalue weighted by molar-refractivity contribution is 5.86. The Balaban J connectivity index is 1.05. The molecule has 0 bridgehead atoms. The van der Waals surface area contributed by atoms with Gasteiger partial charge in [0.25, 0.3) is 5.69 Å². The first kappa shape index (κ1) is 27.7. The van der Waals surface area contributed by atoms with Gasteiger partial charge in [0.05, 0.1) is 11.0 Å². The monoisotopic (exact) mass is 556 g/mol. The Morgan fingerprint density at radius 1 is 0.950 bits per heavy atom. The summed E-state index contributed by atoms with van der Waals surface area (Å²) in [6.45, 7) is 2.76. The van der Waals surface area contributed by atoms with E-state index >= 15 is 0 Å². The maximum absolute atomic E-state index is 13.3. The molecule has 1 saturated heterocycles. The number of nitro benzene ring substituents is 1. The minimum atomic E-state index is -4.82. The van der Waals surface area contributed by atoms with E-state index in [2.05, 4.69) is 40.5 Å². The molecule has 0 radical (unpaired) electrons. The third-order valence-corrected chi connectivity index (χ3v) is 7.72. The Labute approximate surface area is 229 Å². The van der Waals surface area contributed by atoms with E-state index in [1.807, 2.05) is 17.0 Å². The Kier molecular flexibility index (Phi) is 8.11. The first-order valence-electron chi connectivity index (χ1n) is 13.4. The highest BCUT2D eigenvalue weighted by atomic mass is 19.4. The molecule has 3 aromatic carbocycles. The molecule has 1 saturated carbocycles. The minimum absolute atomic E-state index is 0.00995. The number of nitrogens with one attached hydrogen (secondary N) is 1. The lowest BCUT2D eigenvalue weighted by Crippen LogP contribution is -2.50. The standard InChI is InChI=1S/C29H31F3N4O4/c30-29(31,32)26-18-23(8-12-27(26)36(38)39)33-22-6-10-25(11-7-22)40-19-28(37)35-15-13-34(14-16-35)24-9-5-20-3-1-2-4-21(20)17-24/h1-5,8-9,12,17-18,22,25,33H,6-7,10-11,13-16,19H2. The van der Waals surface area contributed by atoms with Crippen LogP contribution < -0.4 is 10.2 Å². The van der Waals surface area contributed by atoms with Gasteiger partial charge in [-0.1, -0.05) is 30.3 Å². The molecule has 8 nitrogen and oxygen atoms in total. The van der Waals surface area contributed by atoms with Crippen molar-refractivity contribution in [1.82, 2.24) is 4.90 Å². The molecule has 1 heterocycles. The molecule has 0 spiro atoms. The van der Waals surface area contributed by atoms with Crippen molar-refractivity contribution < 1.29 is 27.6 Å². The molecule has 1 aliphatic carbocycles. The molecule has 0 atom stereocenters. The lowest BCUT2D eigenvalue weighted by molar-refractivity contribution is -0.388. The van der Waals surface area contributed by atoms with E-state index in [4.69, 9.17) is 4.74 Å². The number of nitro groups is 1. The summed E-state index contributed by atoms with van der Waals surface area (Å²) in [7, 11) is 0. The molecule has 2 aliphatic rings. The number of halogens is 3. The van der Waals surface area contributed by atoms with Crippen molar-refractivity contribution in [2.45, 2.75) is 44.0 Å². The van der Waals surface area contributed by atoms with Crippen LogP contribution in [-0.4, -0.2) is 60.7 Å². The number of hydrogen-bond donors (Lipinski definition) is 1.